The van der Waals surface area contributed by atoms with Gasteiger partial charge in [-0.05, 0) is 19.9 Å². The van der Waals surface area contributed by atoms with E-state index in [-0.39, 0.29) is 5.70 Å². The van der Waals surface area contributed by atoms with E-state index < -0.39 is 10.5 Å². The van der Waals surface area contributed by atoms with E-state index >= 15 is 0 Å². The molecule has 5 nitrogen and oxygen atoms in total. The molecule has 0 aromatic heterocycles. The van der Waals surface area contributed by atoms with E-state index in [1.807, 2.05) is 0 Å². The summed E-state index contributed by atoms with van der Waals surface area (Å²) in [5, 5.41) is 11.0. The number of fused-ring (bicyclic) bond motifs is 1. The number of nitrogens with zero attached hydrogens (tertiary/aromatic N) is 1. The van der Waals surface area contributed by atoms with Crippen LogP contribution in [0.25, 0.3) is 6.08 Å². The minimum Gasteiger partial charge on any atom is -0.493 e. The Balaban J connectivity index is 2.61. The van der Waals surface area contributed by atoms with Crippen molar-refractivity contribution in [2.24, 2.45) is 0 Å². The molecule has 1 aliphatic heterocycles. The van der Waals surface area contributed by atoms with Crippen LogP contribution in [0.1, 0.15) is 19.4 Å². The average molecular weight is 235 g/mol. The normalized spacial score (nSPS) is 16.5. The van der Waals surface area contributed by atoms with Crippen molar-refractivity contribution < 1.29 is 14.4 Å². The largest absolute Gasteiger partial charge is 0.493 e. The second-order valence-corrected chi connectivity index (χ2v) is 4.28. The van der Waals surface area contributed by atoms with Crippen LogP contribution in [0, 0.1) is 10.1 Å². The molecule has 0 unspecified atom stereocenters. The number of nitro groups is 1. The first kappa shape index (κ1) is 11.4. The standard InChI is InChI=1S/C12H13NO4/c1-12(2)10(13(14)15)7-8-5-4-6-9(16-3)11(8)17-12/h4-7H,1-3H3. The van der Waals surface area contributed by atoms with Gasteiger partial charge in [-0.1, -0.05) is 12.1 Å². The number of hydrogen-bond donors (Lipinski definition) is 0. The molecular formula is C12H13NO4. The monoisotopic (exact) mass is 235 g/mol. The molecule has 0 bridgehead atoms. The molecule has 0 saturated carbocycles. The summed E-state index contributed by atoms with van der Waals surface area (Å²) in [4.78, 5) is 10.5. The Hall–Kier alpha value is -2.04. The number of benzene rings is 1. The van der Waals surface area contributed by atoms with Crippen LogP contribution in [0.5, 0.6) is 11.5 Å². The van der Waals surface area contributed by atoms with Gasteiger partial charge in [-0.15, -0.1) is 0 Å². The number of para-hydroxylation sites is 1. The third-order valence-corrected chi connectivity index (χ3v) is 2.69. The lowest BCUT2D eigenvalue weighted by molar-refractivity contribution is -0.439. The Labute approximate surface area is 98.8 Å². The summed E-state index contributed by atoms with van der Waals surface area (Å²) >= 11 is 0. The third-order valence-electron chi connectivity index (χ3n) is 2.69. The van der Waals surface area contributed by atoms with Crippen molar-refractivity contribution in [3.05, 3.63) is 39.6 Å². The van der Waals surface area contributed by atoms with Crippen LogP contribution in [0.15, 0.2) is 23.9 Å². The molecule has 0 radical (unpaired) electrons. The van der Waals surface area contributed by atoms with Gasteiger partial charge in [0.25, 0.3) is 5.70 Å². The van der Waals surface area contributed by atoms with Crippen LogP contribution in [0.2, 0.25) is 0 Å². The van der Waals surface area contributed by atoms with Gasteiger partial charge < -0.3 is 9.47 Å². The summed E-state index contributed by atoms with van der Waals surface area (Å²) in [5.41, 5.74) is -0.265. The van der Waals surface area contributed by atoms with Gasteiger partial charge in [-0.25, -0.2) is 0 Å². The van der Waals surface area contributed by atoms with E-state index in [4.69, 9.17) is 9.47 Å². The first-order chi connectivity index (χ1) is 7.95. The van der Waals surface area contributed by atoms with Crippen molar-refractivity contribution in [3.8, 4) is 11.5 Å². The summed E-state index contributed by atoms with van der Waals surface area (Å²) in [6, 6.07) is 5.30. The van der Waals surface area contributed by atoms with Crippen molar-refractivity contribution in [2.75, 3.05) is 7.11 Å². The van der Waals surface area contributed by atoms with Crippen LogP contribution in [-0.4, -0.2) is 17.6 Å². The van der Waals surface area contributed by atoms with E-state index in [0.29, 0.717) is 17.1 Å². The molecule has 0 atom stereocenters. The smallest absolute Gasteiger partial charge is 0.289 e. The highest BCUT2D eigenvalue weighted by molar-refractivity contribution is 5.66. The van der Waals surface area contributed by atoms with Crippen molar-refractivity contribution in [1.29, 1.82) is 0 Å². The van der Waals surface area contributed by atoms with Crippen LogP contribution in [0.4, 0.5) is 0 Å². The second-order valence-electron chi connectivity index (χ2n) is 4.28. The van der Waals surface area contributed by atoms with Crippen molar-refractivity contribution in [2.45, 2.75) is 19.4 Å². The lowest BCUT2D eigenvalue weighted by Crippen LogP contribution is -2.36. The molecule has 0 saturated heterocycles. The quantitative estimate of drug-likeness (QED) is 0.583. The fourth-order valence-corrected chi connectivity index (χ4v) is 1.82. The van der Waals surface area contributed by atoms with Crippen molar-refractivity contribution in [1.82, 2.24) is 0 Å². The summed E-state index contributed by atoms with van der Waals surface area (Å²) in [6.45, 7) is 3.33. The minimum absolute atomic E-state index is 0.0400. The summed E-state index contributed by atoms with van der Waals surface area (Å²) < 4.78 is 10.9. The number of ether oxygens (including phenoxy) is 2. The minimum atomic E-state index is -0.967. The summed E-state index contributed by atoms with van der Waals surface area (Å²) in [7, 11) is 1.54. The van der Waals surface area contributed by atoms with Crippen LogP contribution >= 0.6 is 0 Å². The Morgan fingerprint density at radius 1 is 1.41 bits per heavy atom. The fraction of sp³-hybridized carbons (Fsp3) is 0.333. The maximum Gasteiger partial charge on any atom is 0.289 e. The summed E-state index contributed by atoms with van der Waals surface area (Å²) in [6.07, 6.45) is 1.53. The van der Waals surface area contributed by atoms with E-state index in [9.17, 15) is 10.1 Å². The molecule has 90 valence electrons. The lowest BCUT2D eigenvalue weighted by Gasteiger charge is -2.29. The zero-order valence-electron chi connectivity index (χ0n) is 9.89. The Morgan fingerprint density at radius 3 is 2.71 bits per heavy atom. The highest BCUT2D eigenvalue weighted by atomic mass is 16.6. The number of hydrogen-bond acceptors (Lipinski definition) is 4. The van der Waals surface area contributed by atoms with E-state index in [1.54, 1.807) is 39.2 Å². The first-order valence-corrected chi connectivity index (χ1v) is 5.18. The fourth-order valence-electron chi connectivity index (χ4n) is 1.82. The predicted octanol–water partition coefficient (Wildman–Crippen LogP) is 2.48. The van der Waals surface area contributed by atoms with Gasteiger partial charge in [0.2, 0.25) is 0 Å². The Morgan fingerprint density at radius 2 is 2.12 bits per heavy atom. The average Bonchev–Trinajstić information content (AvgIpc) is 2.26. The molecule has 1 aliphatic rings. The zero-order valence-corrected chi connectivity index (χ0v) is 9.89. The molecule has 0 N–H and O–H groups in total. The van der Waals surface area contributed by atoms with Crippen LogP contribution < -0.4 is 9.47 Å². The van der Waals surface area contributed by atoms with Gasteiger partial charge >= 0.3 is 0 Å². The molecule has 5 heteroatoms. The molecule has 0 aliphatic carbocycles. The molecule has 1 aromatic carbocycles. The van der Waals surface area contributed by atoms with Gasteiger partial charge in [0.05, 0.1) is 12.0 Å². The Kier molecular flexibility index (Phi) is 2.53. The molecule has 17 heavy (non-hydrogen) atoms. The van der Waals surface area contributed by atoms with E-state index in [1.165, 1.54) is 6.08 Å². The zero-order chi connectivity index (χ0) is 12.6. The maximum atomic E-state index is 11.0. The highest BCUT2D eigenvalue weighted by Crippen LogP contribution is 2.41. The van der Waals surface area contributed by atoms with Gasteiger partial charge in [-0.3, -0.25) is 10.1 Å². The number of rotatable bonds is 2. The molecule has 1 heterocycles. The number of methoxy groups -OCH3 is 1. The van der Waals surface area contributed by atoms with Gasteiger partial charge in [0.1, 0.15) is 0 Å². The van der Waals surface area contributed by atoms with Crippen molar-refractivity contribution in [3.63, 3.8) is 0 Å². The van der Waals surface area contributed by atoms with Gasteiger partial charge in [-0.2, -0.15) is 0 Å². The molecule has 2 rings (SSSR count). The maximum absolute atomic E-state index is 11.0. The molecule has 0 amide bonds. The van der Waals surface area contributed by atoms with Gasteiger partial charge in [0.15, 0.2) is 17.1 Å². The first-order valence-electron chi connectivity index (χ1n) is 5.18. The third kappa shape index (κ3) is 1.84. The van der Waals surface area contributed by atoms with Gasteiger partial charge in [0, 0.05) is 11.6 Å². The highest BCUT2D eigenvalue weighted by Gasteiger charge is 2.40. The summed E-state index contributed by atoms with van der Waals surface area (Å²) in [5.74, 6) is 1.12. The SMILES string of the molecule is COc1cccc2c1OC(C)(C)C([N+](=O)[O-])=C2. The molecular weight excluding hydrogens is 222 g/mol. The molecule has 0 spiro atoms. The van der Waals surface area contributed by atoms with Crippen molar-refractivity contribution >= 4 is 6.08 Å². The van der Waals surface area contributed by atoms with Crippen LogP contribution in [0.3, 0.4) is 0 Å². The predicted molar refractivity (Wildman–Crippen MR) is 62.7 cm³/mol. The van der Waals surface area contributed by atoms with E-state index in [0.717, 1.165) is 0 Å². The van der Waals surface area contributed by atoms with Crippen LogP contribution in [-0.2, 0) is 0 Å². The molecule has 0 fully saturated rings. The second kappa shape index (κ2) is 3.76. The Bertz CT molecular complexity index is 505. The van der Waals surface area contributed by atoms with E-state index in [2.05, 4.69) is 0 Å². The molecule has 1 aromatic rings. The topological polar surface area (TPSA) is 61.6 Å². The lowest BCUT2D eigenvalue weighted by atomic mass is 9.98.